The van der Waals surface area contributed by atoms with Gasteiger partial charge in [0, 0.05) is 11.6 Å². The Hall–Kier alpha value is -2.08. The van der Waals surface area contributed by atoms with Crippen LogP contribution in [0.4, 0.5) is 4.79 Å². The van der Waals surface area contributed by atoms with E-state index in [9.17, 15) is 14.4 Å². The molecule has 1 saturated carbocycles. The van der Waals surface area contributed by atoms with Crippen LogP contribution >= 0.6 is 11.6 Å². The summed E-state index contributed by atoms with van der Waals surface area (Å²) in [5.74, 6) is -1.01. The highest BCUT2D eigenvalue weighted by atomic mass is 35.5. The molecule has 1 aliphatic carbocycles. The van der Waals surface area contributed by atoms with Crippen molar-refractivity contribution in [3.63, 3.8) is 0 Å². The lowest BCUT2D eigenvalue weighted by Crippen LogP contribution is -2.50. The van der Waals surface area contributed by atoms with Crippen molar-refractivity contribution in [1.29, 1.82) is 0 Å². The largest absolute Gasteiger partial charge is 0.449 e. The Morgan fingerprint density at radius 2 is 1.96 bits per heavy atom. The SMILES string of the molecule is C[C@@]1(C(=O)NOC(=O)CCc2ccccc2)CCCC[C@@H]1OC(=O)Cl. The molecule has 1 amide bonds. The minimum absolute atomic E-state index is 0.154. The average molecular weight is 368 g/mol. The second-order valence-electron chi connectivity index (χ2n) is 6.40. The molecule has 6 nitrogen and oxygen atoms in total. The molecule has 1 fully saturated rings. The topological polar surface area (TPSA) is 81.7 Å². The number of hydrogen-bond donors (Lipinski definition) is 1. The quantitative estimate of drug-likeness (QED) is 0.636. The fourth-order valence-corrected chi connectivity index (χ4v) is 3.13. The molecular formula is C18H22ClNO5. The van der Waals surface area contributed by atoms with Gasteiger partial charge in [-0.05, 0) is 38.2 Å². The van der Waals surface area contributed by atoms with Crippen molar-refractivity contribution in [2.75, 3.05) is 0 Å². The Bertz CT molecular complexity index is 621. The number of aryl methyl sites for hydroxylation is 1. The van der Waals surface area contributed by atoms with E-state index in [0.29, 0.717) is 19.3 Å². The third-order valence-corrected chi connectivity index (χ3v) is 4.68. The van der Waals surface area contributed by atoms with Crippen LogP contribution in [0.1, 0.15) is 44.6 Å². The van der Waals surface area contributed by atoms with Gasteiger partial charge in [0.15, 0.2) is 0 Å². The predicted octanol–water partition coefficient (Wildman–Crippen LogP) is 3.52. The first kappa shape index (κ1) is 19.2. The van der Waals surface area contributed by atoms with Gasteiger partial charge < -0.3 is 9.57 Å². The molecule has 25 heavy (non-hydrogen) atoms. The van der Waals surface area contributed by atoms with Crippen LogP contribution in [0.5, 0.6) is 0 Å². The number of nitrogens with one attached hydrogen (secondary N) is 1. The zero-order valence-electron chi connectivity index (χ0n) is 14.1. The lowest BCUT2D eigenvalue weighted by atomic mass is 9.72. The Kier molecular flexibility index (Phi) is 6.82. The molecule has 2 atom stereocenters. The number of carbonyl (C=O) groups is 3. The molecule has 1 aromatic rings. The Labute approximate surface area is 151 Å². The van der Waals surface area contributed by atoms with Crippen molar-refractivity contribution in [1.82, 2.24) is 5.48 Å². The summed E-state index contributed by atoms with van der Waals surface area (Å²) in [4.78, 5) is 40.2. The molecule has 2 rings (SSSR count). The fraction of sp³-hybridized carbons (Fsp3) is 0.500. The number of amides is 1. The van der Waals surface area contributed by atoms with Gasteiger partial charge in [-0.2, -0.15) is 5.48 Å². The van der Waals surface area contributed by atoms with Gasteiger partial charge in [-0.25, -0.2) is 9.59 Å². The van der Waals surface area contributed by atoms with Crippen LogP contribution in [-0.2, 0) is 25.6 Å². The van der Waals surface area contributed by atoms with Gasteiger partial charge in [0.25, 0.3) is 5.91 Å². The molecule has 136 valence electrons. The first-order valence-corrected chi connectivity index (χ1v) is 8.70. The van der Waals surface area contributed by atoms with E-state index >= 15 is 0 Å². The van der Waals surface area contributed by atoms with E-state index in [4.69, 9.17) is 21.2 Å². The van der Waals surface area contributed by atoms with Crippen molar-refractivity contribution in [2.45, 2.75) is 51.6 Å². The summed E-state index contributed by atoms with van der Waals surface area (Å²) in [6, 6.07) is 9.52. The molecule has 0 saturated heterocycles. The van der Waals surface area contributed by atoms with Crippen molar-refractivity contribution in [2.24, 2.45) is 5.41 Å². The normalized spacial score (nSPS) is 22.7. The van der Waals surface area contributed by atoms with E-state index in [1.54, 1.807) is 6.92 Å². The summed E-state index contributed by atoms with van der Waals surface area (Å²) < 4.78 is 5.07. The zero-order valence-corrected chi connectivity index (χ0v) is 14.9. The Morgan fingerprint density at radius 1 is 1.24 bits per heavy atom. The maximum atomic E-state index is 12.5. The van der Waals surface area contributed by atoms with Gasteiger partial charge in [0.1, 0.15) is 6.10 Å². The van der Waals surface area contributed by atoms with Crippen molar-refractivity contribution < 1.29 is 24.0 Å². The second kappa shape index (κ2) is 8.85. The van der Waals surface area contributed by atoms with E-state index in [0.717, 1.165) is 18.4 Å². The maximum absolute atomic E-state index is 12.5. The minimum Gasteiger partial charge on any atom is -0.449 e. The first-order chi connectivity index (χ1) is 11.9. The van der Waals surface area contributed by atoms with Crippen LogP contribution in [0.3, 0.4) is 0 Å². The molecular weight excluding hydrogens is 346 g/mol. The van der Waals surface area contributed by atoms with Gasteiger partial charge in [0.05, 0.1) is 11.8 Å². The molecule has 1 aliphatic rings. The van der Waals surface area contributed by atoms with Gasteiger partial charge in [-0.3, -0.25) is 4.79 Å². The van der Waals surface area contributed by atoms with Gasteiger partial charge >= 0.3 is 11.4 Å². The van der Waals surface area contributed by atoms with Crippen LogP contribution in [0.15, 0.2) is 30.3 Å². The van der Waals surface area contributed by atoms with Crippen molar-refractivity contribution >= 4 is 28.9 Å². The van der Waals surface area contributed by atoms with Gasteiger partial charge in [-0.1, -0.05) is 36.8 Å². The van der Waals surface area contributed by atoms with Gasteiger partial charge in [0.2, 0.25) is 0 Å². The summed E-state index contributed by atoms with van der Waals surface area (Å²) >= 11 is 5.29. The summed E-state index contributed by atoms with van der Waals surface area (Å²) in [5, 5.41) is 0. The number of benzene rings is 1. The number of halogens is 1. The monoisotopic (exact) mass is 367 g/mol. The highest BCUT2D eigenvalue weighted by Gasteiger charge is 2.45. The van der Waals surface area contributed by atoms with Crippen LogP contribution in [0, 0.1) is 5.41 Å². The predicted molar refractivity (Wildman–Crippen MR) is 91.7 cm³/mol. The van der Waals surface area contributed by atoms with Crippen LogP contribution in [0.2, 0.25) is 0 Å². The summed E-state index contributed by atoms with van der Waals surface area (Å²) in [6.45, 7) is 1.68. The van der Waals surface area contributed by atoms with E-state index in [1.165, 1.54) is 0 Å². The molecule has 0 aliphatic heterocycles. The molecule has 1 N–H and O–H groups in total. The smallest absolute Gasteiger partial charge is 0.404 e. The number of hydroxylamine groups is 1. The second-order valence-corrected chi connectivity index (χ2v) is 6.71. The number of rotatable bonds is 5. The molecule has 7 heteroatoms. The zero-order chi connectivity index (χ0) is 18.3. The fourth-order valence-electron chi connectivity index (χ4n) is 3.02. The number of hydrogen-bond acceptors (Lipinski definition) is 5. The van der Waals surface area contributed by atoms with E-state index in [2.05, 4.69) is 5.48 Å². The molecule has 0 heterocycles. The molecule has 0 aromatic heterocycles. The van der Waals surface area contributed by atoms with Crippen LogP contribution in [0.25, 0.3) is 0 Å². The van der Waals surface area contributed by atoms with E-state index < -0.39 is 28.8 Å². The highest BCUT2D eigenvalue weighted by molar-refractivity contribution is 6.61. The average Bonchev–Trinajstić information content (AvgIpc) is 2.60. The summed E-state index contributed by atoms with van der Waals surface area (Å²) in [5.41, 5.74) is 1.31. The molecule has 0 radical (unpaired) electrons. The Balaban J connectivity index is 1.84. The first-order valence-electron chi connectivity index (χ1n) is 8.32. The number of ether oxygens (including phenoxy) is 1. The van der Waals surface area contributed by atoms with E-state index in [1.807, 2.05) is 30.3 Å². The standard InChI is InChI=1S/C18H22ClNO5/c1-18(12-6-5-9-14(18)24-17(19)23)16(22)20-25-15(21)11-10-13-7-3-2-4-8-13/h2-4,7-8,14H,5-6,9-12H2,1H3,(H,20,22)/t14-,18+/m0/s1. The van der Waals surface area contributed by atoms with Crippen molar-refractivity contribution in [3.05, 3.63) is 35.9 Å². The molecule has 0 unspecified atom stereocenters. The summed E-state index contributed by atoms with van der Waals surface area (Å²) in [7, 11) is 0. The van der Waals surface area contributed by atoms with Gasteiger partial charge in [-0.15, -0.1) is 0 Å². The molecule has 0 spiro atoms. The maximum Gasteiger partial charge on any atom is 0.404 e. The van der Waals surface area contributed by atoms with Crippen molar-refractivity contribution in [3.8, 4) is 0 Å². The van der Waals surface area contributed by atoms with Crippen LogP contribution < -0.4 is 5.48 Å². The Morgan fingerprint density at radius 3 is 2.64 bits per heavy atom. The van der Waals surface area contributed by atoms with E-state index in [-0.39, 0.29) is 6.42 Å². The van der Waals surface area contributed by atoms with Crippen LogP contribution in [-0.4, -0.2) is 23.4 Å². The minimum atomic E-state index is -0.970. The molecule has 0 bridgehead atoms. The third-order valence-electron chi connectivity index (χ3n) is 4.59. The third kappa shape index (κ3) is 5.46. The summed E-state index contributed by atoms with van der Waals surface area (Å²) in [6.07, 6.45) is 2.78. The number of carbonyl (C=O) groups excluding carboxylic acids is 3. The highest BCUT2D eigenvalue weighted by Crippen LogP contribution is 2.38. The lowest BCUT2D eigenvalue weighted by Gasteiger charge is -2.38. The molecule has 1 aromatic carbocycles. The lowest BCUT2D eigenvalue weighted by molar-refractivity contribution is -0.166.